The zero-order chi connectivity index (χ0) is 28.6. The maximum Gasteiger partial charge on any atom is 0.280 e. The van der Waals surface area contributed by atoms with Crippen molar-refractivity contribution in [1.82, 2.24) is 15.0 Å². The summed E-state index contributed by atoms with van der Waals surface area (Å²) in [5.41, 5.74) is 0.212. The average Bonchev–Trinajstić information content (AvgIpc) is 2.95. The van der Waals surface area contributed by atoms with Gasteiger partial charge in [0.2, 0.25) is 0 Å². The molecule has 0 unspecified atom stereocenters. The van der Waals surface area contributed by atoms with Crippen molar-refractivity contribution in [2.24, 2.45) is 0 Å². The minimum absolute atomic E-state index is 0.0246. The highest BCUT2D eigenvalue weighted by molar-refractivity contribution is 6.12. The third-order valence-electron chi connectivity index (χ3n) is 5.59. The van der Waals surface area contributed by atoms with Crippen LogP contribution < -0.4 is 20.1 Å². The third kappa shape index (κ3) is 6.61. The van der Waals surface area contributed by atoms with Crippen LogP contribution in [-0.4, -0.2) is 46.1 Å². The molecule has 0 atom stereocenters. The molecule has 0 spiro atoms. The number of pyridine rings is 1. The number of para-hydroxylation sites is 1. The van der Waals surface area contributed by atoms with Crippen molar-refractivity contribution in [1.29, 1.82) is 5.41 Å². The van der Waals surface area contributed by atoms with E-state index in [0.29, 0.717) is 11.3 Å². The number of benzene rings is 2. The van der Waals surface area contributed by atoms with Crippen molar-refractivity contribution in [3.05, 3.63) is 95.2 Å². The van der Waals surface area contributed by atoms with Gasteiger partial charge in [-0.15, -0.1) is 0 Å². The Bertz CT molecular complexity index is 1480. The van der Waals surface area contributed by atoms with Gasteiger partial charge >= 0.3 is 0 Å². The van der Waals surface area contributed by atoms with Crippen LogP contribution >= 0.6 is 0 Å². The quantitative estimate of drug-likeness (QED) is 0.138. The molecule has 0 aliphatic carbocycles. The predicted octanol–water partition coefficient (Wildman–Crippen LogP) is 5.24. The zero-order valence-electron chi connectivity index (χ0n) is 21.1. The van der Waals surface area contributed by atoms with Crippen LogP contribution in [-0.2, 0) is 6.54 Å². The number of hydrogen-bond acceptors (Lipinski definition) is 9. The van der Waals surface area contributed by atoms with Crippen molar-refractivity contribution in [3.8, 4) is 11.5 Å². The highest BCUT2D eigenvalue weighted by atomic mass is 19.3. The van der Waals surface area contributed by atoms with E-state index in [1.165, 1.54) is 31.6 Å². The van der Waals surface area contributed by atoms with Gasteiger partial charge in [-0.2, -0.15) is 0 Å². The molecule has 4 rings (SSSR count). The Morgan fingerprint density at radius 1 is 1.07 bits per heavy atom. The Labute approximate surface area is 226 Å². The molecular weight excluding hydrogens is 532 g/mol. The number of alkyl halides is 2. The second-order valence-electron chi connectivity index (χ2n) is 8.22. The molecule has 0 aliphatic rings. The van der Waals surface area contributed by atoms with E-state index < -0.39 is 23.8 Å². The van der Waals surface area contributed by atoms with E-state index in [1.54, 1.807) is 24.3 Å². The zero-order valence-corrected chi connectivity index (χ0v) is 21.1. The van der Waals surface area contributed by atoms with Gasteiger partial charge in [0.15, 0.2) is 17.4 Å². The van der Waals surface area contributed by atoms with Crippen molar-refractivity contribution >= 4 is 22.9 Å². The van der Waals surface area contributed by atoms with Crippen molar-refractivity contribution in [3.63, 3.8) is 0 Å². The fourth-order valence-corrected chi connectivity index (χ4v) is 3.67. The topological polar surface area (TPSA) is 125 Å². The first-order valence-electron chi connectivity index (χ1n) is 11.9. The lowest BCUT2D eigenvalue weighted by atomic mass is 10.1. The molecular formula is C27H24F4N6O3. The van der Waals surface area contributed by atoms with Crippen LogP contribution in [0.2, 0.25) is 0 Å². The van der Waals surface area contributed by atoms with Crippen LogP contribution in [0.15, 0.2) is 60.9 Å². The summed E-state index contributed by atoms with van der Waals surface area (Å²) in [6, 6.07) is 11.3. The summed E-state index contributed by atoms with van der Waals surface area (Å²) in [7, 11) is 1.38. The lowest BCUT2D eigenvalue weighted by molar-refractivity contribution is 0.146. The van der Waals surface area contributed by atoms with Gasteiger partial charge in [-0.1, -0.05) is 18.2 Å². The maximum atomic E-state index is 14.6. The maximum absolute atomic E-state index is 14.6. The number of nitrogens with one attached hydrogen (secondary N) is 3. The Hall–Kier alpha value is -4.78. The summed E-state index contributed by atoms with van der Waals surface area (Å²) < 4.78 is 65.7. The van der Waals surface area contributed by atoms with Gasteiger partial charge in [0.1, 0.15) is 35.4 Å². The van der Waals surface area contributed by atoms with Gasteiger partial charge in [-0.3, -0.25) is 10.4 Å². The van der Waals surface area contributed by atoms with Crippen LogP contribution in [0, 0.1) is 17.0 Å². The number of rotatable bonds is 12. The Morgan fingerprint density at radius 2 is 1.82 bits per heavy atom. The first-order valence-corrected chi connectivity index (χ1v) is 11.9. The minimum Gasteiger partial charge on any atom is -0.491 e. The van der Waals surface area contributed by atoms with Gasteiger partial charge < -0.3 is 25.2 Å². The van der Waals surface area contributed by atoms with E-state index in [2.05, 4.69) is 25.6 Å². The second-order valence-corrected chi connectivity index (χ2v) is 8.22. The van der Waals surface area contributed by atoms with Crippen LogP contribution in [0.1, 0.15) is 29.1 Å². The van der Waals surface area contributed by atoms with E-state index in [0.717, 1.165) is 12.1 Å². The fraction of sp³-hybridized carbons (Fsp3) is 0.185. The van der Waals surface area contributed by atoms with Crippen LogP contribution in [0.25, 0.3) is 0 Å². The number of methoxy groups -OCH3 is 1. The van der Waals surface area contributed by atoms with E-state index in [9.17, 15) is 17.6 Å². The number of aliphatic hydroxyl groups is 1. The largest absolute Gasteiger partial charge is 0.491 e. The molecule has 0 radical (unpaired) electrons. The fourth-order valence-electron chi connectivity index (χ4n) is 3.67. The van der Waals surface area contributed by atoms with Crippen molar-refractivity contribution in [2.45, 2.75) is 13.0 Å². The molecule has 40 heavy (non-hydrogen) atoms. The molecule has 0 fully saturated rings. The molecule has 208 valence electrons. The van der Waals surface area contributed by atoms with Crippen molar-refractivity contribution in [2.75, 3.05) is 31.0 Å². The number of aromatic nitrogens is 3. The normalized spacial score (nSPS) is 10.9. The van der Waals surface area contributed by atoms with Gasteiger partial charge in [0, 0.05) is 47.4 Å². The lowest BCUT2D eigenvalue weighted by Crippen LogP contribution is -2.13. The minimum atomic E-state index is -2.76. The molecule has 4 N–H and O–H groups in total. The summed E-state index contributed by atoms with van der Waals surface area (Å²) in [6.07, 6.45) is -0.208. The van der Waals surface area contributed by atoms with E-state index in [4.69, 9.17) is 20.0 Å². The number of ether oxygens (including phenoxy) is 2. The van der Waals surface area contributed by atoms with Crippen LogP contribution in [0.4, 0.5) is 34.8 Å². The first-order chi connectivity index (χ1) is 19.3. The monoisotopic (exact) mass is 556 g/mol. The summed E-state index contributed by atoms with van der Waals surface area (Å²) in [5, 5.41) is 23.4. The second kappa shape index (κ2) is 12.8. The van der Waals surface area contributed by atoms with Crippen LogP contribution in [0.5, 0.6) is 11.5 Å². The van der Waals surface area contributed by atoms with Gasteiger partial charge in [0.05, 0.1) is 19.9 Å². The first kappa shape index (κ1) is 28.2. The average molecular weight is 557 g/mol. The predicted molar refractivity (Wildman–Crippen MR) is 140 cm³/mol. The van der Waals surface area contributed by atoms with Gasteiger partial charge in [0.25, 0.3) is 6.43 Å². The number of nitrogens with zero attached hydrogens (tertiary/aromatic N) is 3. The Kier molecular flexibility index (Phi) is 9.07. The molecule has 0 aliphatic heterocycles. The Morgan fingerprint density at radius 3 is 2.52 bits per heavy atom. The van der Waals surface area contributed by atoms with Crippen LogP contribution in [0.3, 0.4) is 0 Å². The number of aliphatic hydroxyl groups excluding tert-OH is 1. The molecule has 2 aromatic carbocycles. The molecule has 0 saturated heterocycles. The molecule has 2 heterocycles. The van der Waals surface area contributed by atoms with E-state index in [1.807, 2.05) is 0 Å². The summed E-state index contributed by atoms with van der Waals surface area (Å²) >= 11 is 0. The number of halogens is 4. The summed E-state index contributed by atoms with van der Waals surface area (Å²) in [4.78, 5) is 12.2. The molecule has 4 aromatic rings. The SMILES string of the molecule is COc1cnc(C(=N)c2ccccc2NCc2c(F)cc(OCCO)cc2F)nc1Nc1ccnc(C(F)F)c1. The third-order valence-corrected chi connectivity index (χ3v) is 5.59. The molecule has 0 saturated carbocycles. The molecule has 0 amide bonds. The lowest BCUT2D eigenvalue weighted by Gasteiger charge is -2.15. The molecule has 0 bridgehead atoms. The highest BCUT2D eigenvalue weighted by Crippen LogP contribution is 2.28. The molecule has 2 aromatic heterocycles. The number of hydrogen-bond donors (Lipinski definition) is 4. The smallest absolute Gasteiger partial charge is 0.280 e. The van der Waals surface area contributed by atoms with Crippen molar-refractivity contribution < 1.29 is 32.1 Å². The summed E-state index contributed by atoms with van der Waals surface area (Å²) in [6.45, 7) is -0.642. The van der Waals surface area contributed by atoms with E-state index >= 15 is 0 Å². The summed E-state index contributed by atoms with van der Waals surface area (Å²) in [5.74, 6) is -1.42. The molecule has 9 nitrogen and oxygen atoms in total. The van der Waals surface area contributed by atoms with Gasteiger partial charge in [-0.25, -0.2) is 27.5 Å². The molecule has 13 heteroatoms. The Balaban J connectivity index is 1.57. The van der Waals surface area contributed by atoms with Gasteiger partial charge in [-0.05, 0) is 18.2 Å². The van der Waals surface area contributed by atoms with E-state index in [-0.39, 0.29) is 59.9 Å². The standard InChI is InChI=1S/C27H24F4N6O3/c1-39-23-14-35-27(37-26(23)36-15-6-7-33-22(10-15)25(30)31)24(32)17-4-2-3-5-21(17)34-13-18-19(28)11-16(12-20(18)29)40-9-8-38/h2-7,10-12,14,25,32,34,38H,8-9,13H2,1H3,(H,33,35,36,37). The highest BCUT2D eigenvalue weighted by Gasteiger charge is 2.18. The number of anilines is 3.